The van der Waals surface area contributed by atoms with Gasteiger partial charge < -0.3 is 31.9 Å². The van der Waals surface area contributed by atoms with Gasteiger partial charge in [-0.1, -0.05) is 61.3 Å². The van der Waals surface area contributed by atoms with Crippen LogP contribution in [0.3, 0.4) is 0 Å². The third-order valence-electron chi connectivity index (χ3n) is 12.0. The Hall–Kier alpha value is -2.54. The minimum atomic E-state index is 1.10. The van der Waals surface area contributed by atoms with Gasteiger partial charge in [0.2, 0.25) is 0 Å². The van der Waals surface area contributed by atoms with Crippen LogP contribution in [0.15, 0.2) is 78.4 Å². The summed E-state index contributed by atoms with van der Waals surface area (Å²) in [4.78, 5) is 0. The molecule has 53 heavy (non-hydrogen) atoms. The van der Waals surface area contributed by atoms with Crippen molar-refractivity contribution in [3.63, 3.8) is 0 Å². The van der Waals surface area contributed by atoms with E-state index in [-0.39, 0.29) is 0 Å². The zero-order chi connectivity index (χ0) is 39.8. The molecule has 0 aromatic heterocycles. The number of nitrogens with one attached hydrogen (secondary N) is 6. The summed E-state index contributed by atoms with van der Waals surface area (Å²) in [6.45, 7) is 40.9. The van der Waals surface area contributed by atoms with Crippen LogP contribution in [0.4, 0.5) is 0 Å². The summed E-state index contributed by atoms with van der Waals surface area (Å²) in [5.74, 6) is 0. The Morgan fingerprint density at radius 1 is 0.245 bits per heavy atom. The second kappa shape index (κ2) is 28.0. The molecule has 0 spiro atoms. The van der Waals surface area contributed by atoms with Crippen LogP contribution in [0, 0.1) is 0 Å². The SMILES string of the molecule is CC1=C(C)CCCC1.CC1=C(C)CNC1.CC1=C(C)CNCC1.CC1=C(C)CNCC1.CC1=C(C)NCC1.CC1=C(C)NCC1.CC1=C(C)NCCC1. The Morgan fingerprint density at radius 2 is 0.528 bits per heavy atom. The van der Waals surface area contributed by atoms with Crippen molar-refractivity contribution in [1.82, 2.24) is 31.9 Å². The average molecular weight is 735 g/mol. The fraction of sp³-hybridized carbons (Fsp3) is 0.702. The Morgan fingerprint density at radius 3 is 0.717 bits per heavy atom. The predicted molar refractivity (Wildman–Crippen MR) is 237 cm³/mol. The lowest BCUT2D eigenvalue weighted by molar-refractivity contribution is 0.661. The molecule has 0 atom stereocenters. The summed E-state index contributed by atoms with van der Waals surface area (Å²) in [6.07, 6.45) is 13.1. The lowest BCUT2D eigenvalue weighted by atomic mass is 9.94. The summed E-state index contributed by atoms with van der Waals surface area (Å²) < 4.78 is 0. The van der Waals surface area contributed by atoms with E-state index >= 15 is 0 Å². The lowest BCUT2D eigenvalue weighted by Gasteiger charge is -2.15. The molecule has 6 N–H and O–H groups in total. The van der Waals surface area contributed by atoms with Crippen LogP contribution in [-0.2, 0) is 0 Å². The van der Waals surface area contributed by atoms with E-state index in [4.69, 9.17) is 0 Å². The highest BCUT2D eigenvalue weighted by Crippen LogP contribution is 2.23. The van der Waals surface area contributed by atoms with Crippen molar-refractivity contribution < 1.29 is 0 Å². The van der Waals surface area contributed by atoms with Crippen LogP contribution in [0.2, 0.25) is 0 Å². The number of rotatable bonds is 0. The minimum absolute atomic E-state index is 1.10. The number of hydrogen-bond acceptors (Lipinski definition) is 6. The second-order valence-electron chi connectivity index (χ2n) is 16.5. The summed E-state index contributed by atoms with van der Waals surface area (Å²) in [7, 11) is 0. The Bertz CT molecular complexity index is 1050. The van der Waals surface area contributed by atoms with Gasteiger partial charge in [-0.25, -0.2) is 0 Å². The topological polar surface area (TPSA) is 72.2 Å². The lowest BCUT2D eigenvalue weighted by Crippen LogP contribution is -2.23. The third kappa shape index (κ3) is 21.8. The molecule has 6 heterocycles. The molecule has 6 heteroatoms. The van der Waals surface area contributed by atoms with E-state index in [0.29, 0.717) is 0 Å². The van der Waals surface area contributed by atoms with Gasteiger partial charge in [-0.05, 0) is 174 Å². The standard InChI is InChI=1S/C8H14.3C7H13N.3C6H11N/c1-7-5-3-4-6-8(7)2;2*1-6-3-4-8-5-7(6)2;1-6-4-3-5-8-7(6)2;1-5-3-7-4-6(5)2;2*1-5-3-4-7-6(5)2/h3-6H2,1-2H3;3*8H,3-5H2,1-2H3;3*7H,3-4H2,1-2H3. The molecular weight excluding hydrogens is 649 g/mol. The Kier molecular flexibility index (Phi) is 25.6. The van der Waals surface area contributed by atoms with Crippen molar-refractivity contribution in [2.75, 3.05) is 58.9 Å². The first-order chi connectivity index (χ1) is 25.1. The molecule has 7 aliphatic rings. The van der Waals surface area contributed by atoms with Gasteiger partial charge in [0.1, 0.15) is 0 Å². The minimum Gasteiger partial charge on any atom is -0.389 e. The van der Waals surface area contributed by atoms with Gasteiger partial charge in [0.15, 0.2) is 0 Å². The monoisotopic (exact) mass is 735 g/mol. The highest BCUT2D eigenvalue weighted by Gasteiger charge is 2.06. The Balaban J connectivity index is 0.000000309. The average Bonchev–Trinajstić information content (AvgIpc) is 3.84. The van der Waals surface area contributed by atoms with Crippen LogP contribution in [0.1, 0.15) is 161 Å². The highest BCUT2D eigenvalue weighted by molar-refractivity contribution is 5.18. The molecule has 0 aromatic rings. The van der Waals surface area contributed by atoms with E-state index in [1.807, 2.05) is 0 Å². The molecule has 0 fully saturated rings. The molecule has 6 nitrogen and oxygen atoms in total. The van der Waals surface area contributed by atoms with Crippen molar-refractivity contribution in [2.24, 2.45) is 0 Å². The highest BCUT2D eigenvalue weighted by atomic mass is 14.9. The molecule has 0 aromatic carbocycles. The quantitative estimate of drug-likeness (QED) is 0.139. The van der Waals surface area contributed by atoms with Gasteiger partial charge in [0.05, 0.1) is 0 Å². The molecule has 0 saturated heterocycles. The van der Waals surface area contributed by atoms with Crippen LogP contribution in [0.5, 0.6) is 0 Å². The van der Waals surface area contributed by atoms with Crippen LogP contribution < -0.4 is 31.9 Å². The van der Waals surface area contributed by atoms with Gasteiger partial charge in [0.25, 0.3) is 0 Å². The molecule has 0 saturated carbocycles. The van der Waals surface area contributed by atoms with Crippen LogP contribution in [0.25, 0.3) is 0 Å². The van der Waals surface area contributed by atoms with Crippen LogP contribution >= 0.6 is 0 Å². The zero-order valence-electron chi connectivity index (χ0n) is 37.4. The molecule has 1 aliphatic carbocycles. The largest absolute Gasteiger partial charge is 0.389 e. The first kappa shape index (κ1) is 48.5. The summed E-state index contributed by atoms with van der Waals surface area (Å²) in [5.41, 5.74) is 21.2. The molecule has 0 bridgehead atoms. The first-order valence-corrected chi connectivity index (χ1v) is 21.1. The maximum atomic E-state index is 3.31. The smallest absolute Gasteiger partial charge is 0.0181 e. The maximum Gasteiger partial charge on any atom is 0.0181 e. The second-order valence-corrected chi connectivity index (χ2v) is 16.5. The van der Waals surface area contributed by atoms with Gasteiger partial charge in [-0.3, -0.25) is 0 Å². The van der Waals surface area contributed by atoms with E-state index in [0.717, 1.165) is 39.3 Å². The summed E-state index contributed by atoms with van der Waals surface area (Å²) in [6, 6.07) is 0. The van der Waals surface area contributed by atoms with Crippen molar-refractivity contribution in [3.8, 4) is 0 Å². The molecule has 6 aliphatic heterocycles. The van der Waals surface area contributed by atoms with E-state index in [1.165, 1.54) is 140 Å². The molecule has 304 valence electrons. The van der Waals surface area contributed by atoms with E-state index in [1.54, 1.807) is 22.3 Å². The summed E-state index contributed by atoms with van der Waals surface area (Å²) >= 11 is 0. The van der Waals surface area contributed by atoms with E-state index < -0.39 is 0 Å². The fourth-order valence-corrected chi connectivity index (χ4v) is 6.30. The molecule has 0 amide bonds. The van der Waals surface area contributed by atoms with Crippen LogP contribution in [-0.4, -0.2) is 58.9 Å². The molecule has 0 radical (unpaired) electrons. The molecular formula is C47H86N6. The van der Waals surface area contributed by atoms with Gasteiger partial charge >= 0.3 is 0 Å². The third-order valence-corrected chi connectivity index (χ3v) is 12.0. The van der Waals surface area contributed by atoms with Crippen molar-refractivity contribution in [1.29, 1.82) is 0 Å². The normalized spacial score (nSPS) is 21.2. The Labute approximate surface area is 329 Å². The van der Waals surface area contributed by atoms with Crippen molar-refractivity contribution >= 4 is 0 Å². The van der Waals surface area contributed by atoms with Gasteiger partial charge in [-0.15, -0.1) is 0 Å². The summed E-state index contributed by atoms with van der Waals surface area (Å²) in [5, 5.41) is 19.7. The molecule has 0 unspecified atom stereocenters. The van der Waals surface area contributed by atoms with E-state index in [2.05, 4.69) is 129 Å². The van der Waals surface area contributed by atoms with Gasteiger partial charge in [0, 0.05) is 62.9 Å². The fourth-order valence-electron chi connectivity index (χ4n) is 6.30. The molecule has 7 rings (SSSR count). The van der Waals surface area contributed by atoms with Crippen molar-refractivity contribution in [2.45, 2.75) is 161 Å². The number of allylic oxidation sites excluding steroid dienone is 6. The van der Waals surface area contributed by atoms with E-state index in [9.17, 15) is 0 Å². The number of hydrogen-bond donors (Lipinski definition) is 6. The predicted octanol–water partition coefficient (Wildman–Crippen LogP) is 10.7. The first-order valence-electron chi connectivity index (χ1n) is 21.1. The van der Waals surface area contributed by atoms with Gasteiger partial charge in [-0.2, -0.15) is 0 Å². The van der Waals surface area contributed by atoms with Crippen molar-refractivity contribution in [3.05, 3.63) is 78.4 Å². The zero-order valence-corrected chi connectivity index (χ0v) is 37.4. The maximum absolute atomic E-state index is 3.31.